The molecule has 8 heteroatoms. The molecule has 2 rings (SSSR count). The van der Waals surface area contributed by atoms with Crippen molar-refractivity contribution < 1.29 is 8.42 Å². The molecule has 0 aromatic carbocycles. The SMILES string of the molecule is Cn1nncc1S(=O)(=O)N(CCC#N)CC1CC1. The van der Waals surface area contributed by atoms with Gasteiger partial charge in [0.25, 0.3) is 10.0 Å². The smallest absolute Gasteiger partial charge is 0.236 e. The summed E-state index contributed by atoms with van der Waals surface area (Å²) in [4.78, 5) is 0. The number of nitriles is 1. The summed E-state index contributed by atoms with van der Waals surface area (Å²) in [6.45, 7) is 0.704. The third-order valence-electron chi connectivity index (χ3n) is 2.91. The zero-order valence-corrected chi connectivity index (χ0v) is 11.0. The summed E-state index contributed by atoms with van der Waals surface area (Å²) in [5.74, 6) is 0.430. The first-order chi connectivity index (χ1) is 8.55. The van der Waals surface area contributed by atoms with E-state index in [4.69, 9.17) is 5.26 Å². The predicted molar refractivity (Wildman–Crippen MR) is 62.7 cm³/mol. The van der Waals surface area contributed by atoms with E-state index in [-0.39, 0.29) is 18.0 Å². The first-order valence-electron chi connectivity index (χ1n) is 5.77. The van der Waals surface area contributed by atoms with Gasteiger partial charge in [0, 0.05) is 26.6 Å². The minimum atomic E-state index is -3.60. The highest BCUT2D eigenvalue weighted by atomic mass is 32.2. The summed E-state index contributed by atoms with van der Waals surface area (Å²) in [7, 11) is -2.05. The maximum Gasteiger partial charge on any atom is 0.261 e. The van der Waals surface area contributed by atoms with Crippen LogP contribution in [0.5, 0.6) is 0 Å². The van der Waals surface area contributed by atoms with E-state index < -0.39 is 10.0 Å². The average Bonchev–Trinajstić information content (AvgIpc) is 3.04. The number of aryl methyl sites for hydroxylation is 1. The Morgan fingerprint density at radius 1 is 1.61 bits per heavy atom. The van der Waals surface area contributed by atoms with Crippen LogP contribution in [0.1, 0.15) is 19.3 Å². The molecule has 0 bridgehead atoms. The van der Waals surface area contributed by atoms with Crippen LogP contribution in [0.2, 0.25) is 0 Å². The molecule has 0 amide bonds. The van der Waals surface area contributed by atoms with Gasteiger partial charge < -0.3 is 0 Å². The van der Waals surface area contributed by atoms with Gasteiger partial charge in [-0.15, -0.1) is 5.10 Å². The second-order valence-corrected chi connectivity index (χ2v) is 6.30. The molecular formula is C10H15N5O2S. The molecule has 1 aromatic heterocycles. The van der Waals surface area contributed by atoms with Gasteiger partial charge in [-0.1, -0.05) is 5.21 Å². The Morgan fingerprint density at radius 2 is 2.33 bits per heavy atom. The van der Waals surface area contributed by atoms with Crippen LogP contribution in [0.25, 0.3) is 0 Å². The minimum Gasteiger partial charge on any atom is -0.236 e. The highest BCUT2D eigenvalue weighted by molar-refractivity contribution is 7.89. The lowest BCUT2D eigenvalue weighted by molar-refractivity contribution is 0.397. The second kappa shape index (κ2) is 5.04. The molecule has 1 fully saturated rings. The summed E-state index contributed by atoms with van der Waals surface area (Å²) >= 11 is 0. The quantitative estimate of drug-likeness (QED) is 0.732. The molecule has 18 heavy (non-hydrogen) atoms. The highest BCUT2D eigenvalue weighted by Crippen LogP contribution is 2.31. The third kappa shape index (κ3) is 2.68. The lowest BCUT2D eigenvalue weighted by Gasteiger charge is -2.20. The van der Waals surface area contributed by atoms with E-state index in [1.807, 2.05) is 6.07 Å². The van der Waals surface area contributed by atoms with E-state index >= 15 is 0 Å². The molecule has 0 unspecified atom stereocenters. The molecule has 98 valence electrons. The van der Waals surface area contributed by atoms with Crippen molar-refractivity contribution in [1.29, 1.82) is 5.26 Å². The van der Waals surface area contributed by atoms with Gasteiger partial charge >= 0.3 is 0 Å². The zero-order valence-electron chi connectivity index (χ0n) is 10.2. The van der Waals surface area contributed by atoms with Crippen LogP contribution >= 0.6 is 0 Å². The fourth-order valence-corrected chi connectivity index (χ4v) is 3.27. The Labute approximate surface area is 106 Å². The van der Waals surface area contributed by atoms with E-state index in [9.17, 15) is 8.42 Å². The van der Waals surface area contributed by atoms with Crippen molar-refractivity contribution in [2.45, 2.75) is 24.3 Å². The van der Waals surface area contributed by atoms with Gasteiger partial charge in [0.1, 0.15) is 0 Å². The molecule has 1 heterocycles. The largest absolute Gasteiger partial charge is 0.261 e. The lowest BCUT2D eigenvalue weighted by Crippen LogP contribution is -2.34. The maximum atomic E-state index is 12.4. The topological polar surface area (TPSA) is 91.9 Å². The summed E-state index contributed by atoms with van der Waals surface area (Å²) in [5.41, 5.74) is 0. The van der Waals surface area contributed by atoms with Crippen molar-refractivity contribution in [3.63, 3.8) is 0 Å². The molecule has 0 atom stereocenters. The standard InChI is InChI=1S/C10H15N5O2S/c1-14-10(7-12-13-14)18(16,17)15(6-2-5-11)8-9-3-4-9/h7,9H,2-4,6,8H2,1H3. The van der Waals surface area contributed by atoms with Crippen LogP contribution in [0.3, 0.4) is 0 Å². The predicted octanol–water partition coefficient (Wildman–Crippen LogP) is 0.129. The van der Waals surface area contributed by atoms with Crippen molar-refractivity contribution in [3.05, 3.63) is 6.20 Å². The van der Waals surface area contributed by atoms with Crippen molar-refractivity contribution in [2.75, 3.05) is 13.1 Å². The van der Waals surface area contributed by atoms with Gasteiger partial charge in [-0.2, -0.15) is 9.57 Å². The molecule has 1 aliphatic carbocycles. The molecular weight excluding hydrogens is 254 g/mol. The maximum absolute atomic E-state index is 12.4. The van der Waals surface area contributed by atoms with Crippen molar-refractivity contribution >= 4 is 10.0 Å². The van der Waals surface area contributed by atoms with Crippen LogP contribution in [0, 0.1) is 17.2 Å². The Morgan fingerprint density at radius 3 is 2.83 bits per heavy atom. The molecule has 0 saturated heterocycles. The third-order valence-corrected chi connectivity index (χ3v) is 4.82. The van der Waals surface area contributed by atoms with Gasteiger partial charge in [-0.3, -0.25) is 0 Å². The lowest BCUT2D eigenvalue weighted by atomic mass is 10.4. The Balaban J connectivity index is 2.22. The monoisotopic (exact) mass is 269 g/mol. The molecule has 0 radical (unpaired) electrons. The zero-order chi connectivity index (χ0) is 13.2. The van der Waals surface area contributed by atoms with Gasteiger partial charge in [0.15, 0.2) is 5.03 Å². The molecule has 0 aliphatic heterocycles. The molecule has 1 aromatic rings. The summed E-state index contributed by atoms with van der Waals surface area (Å²) in [6.07, 6.45) is 3.54. The normalized spacial score (nSPS) is 15.8. The van der Waals surface area contributed by atoms with E-state index in [0.717, 1.165) is 12.8 Å². The number of aromatic nitrogens is 3. The Bertz CT molecular complexity index is 555. The molecule has 1 aliphatic rings. The van der Waals surface area contributed by atoms with Crippen LogP contribution in [-0.4, -0.2) is 40.8 Å². The summed E-state index contributed by atoms with van der Waals surface area (Å²) < 4.78 is 27.4. The number of rotatable bonds is 6. The van der Waals surface area contributed by atoms with Crippen molar-refractivity contribution in [2.24, 2.45) is 13.0 Å². The van der Waals surface area contributed by atoms with Crippen LogP contribution in [-0.2, 0) is 17.1 Å². The van der Waals surface area contributed by atoms with Gasteiger partial charge in [0.2, 0.25) is 0 Å². The average molecular weight is 269 g/mol. The number of hydrogen-bond acceptors (Lipinski definition) is 5. The van der Waals surface area contributed by atoms with Crippen LogP contribution in [0.15, 0.2) is 11.2 Å². The van der Waals surface area contributed by atoms with E-state index in [2.05, 4.69) is 10.3 Å². The Hall–Kier alpha value is -1.46. The summed E-state index contributed by atoms with van der Waals surface area (Å²) in [6, 6.07) is 1.98. The van der Waals surface area contributed by atoms with E-state index in [1.54, 1.807) is 7.05 Å². The van der Waals surface area contributed by atoms with Crippen molar-refractivity contribution in [1.82, 2.24) is 19.3 Å². The highest BCUT2D eigenvalue weighted by Gasteiger charge is 2.33. The van der Waals surface area contributed by atoms with E-state index in [1.165, 1.54) is 15.2 Å². The fourth-order valence-electron chi connectivity index (χ4n) is 1.72. The fraction of sp³-hybridized carbons (Fsp3) is 0.700. The van der Waals surface area contributed by atoms with Crippen molar-refractivity contribution in [3.8, 4) is 6.07 Å². The first-order valence-corrected chi connectivity index (χ1v) is 7.21. The van der Waals surface area contributed by atoms with Crippen LogP contribution < -0.4 is 0 Å². The Kier molecular flexibility index (Phi) is 3.63. The molecule has 1 saturated carbocycles. The number of hydrogen-bond donors (Lipinski definition) is 0. The number of nitrogens with zero attached hydrogens (tertiary/aromatic N) is 5. The number of sulfonamides is 1. The van der Waals surface area contributed by atoms with Gasteiger partial charge in [-0.25, -0.2) is 13.1 Å². The summed E-state index contributed by atoms with van der Waals surface area (Å²) in [5, 5.41) is 15.9. The molecule has 0 spiro atoms. The molecule has 7 nitrogen and oxygen atoms in total. The van der Waals surface area contributed by atoms with Crippen LogP contribution in [0.4, 0.5) is 0 Å². The van der Waals surface area contributed by atoms with E-state index in [0.29, 0.717) is 12.5 Å². The van der Waals surface area contributed by atoms with Gasteiger partial charge in [0.05, 0.1) is 12.3 Å². The van der Waals surface area contributed by atoms with Gasteiger partial charge in [-0.05, 0) is 18.8 Å². The minimum absolute atomic E-state index is 0.0705. The first kappa shape index (κ1) is 13.0. The molecule has 0 N–H and O–H groups in total. The second-order valence-electron chi connectivity index (χ2n) is 4.41.